The third-order valence-corrected chi connectivity index (χ3v) is 6.10. The number of rotatable bonds is 8. The molecule has 0 aromatic rings. The molecule has 2 atom stereocenters. The largest absolute Gasteiger partial charge is 0.498 e. The van der Waals surface area contributed by atoms with Crippen LogP contribution in [0, 0.1) is 11.8 Å². The van der Waals surface area contributed by atoms with Crippen molar-refractivity contribution in [1.82, 2.24) is 0 Å². The number of allylic oxidation sites excluding steroid dienone is 3. The fourth-order valence-corrected chi connectivity index (χ4v) is 4.25. The molecule has 0 amide bonds. The van der Waals surface area contributed by atoms with E-state index in [1.54, 1.807) is 6.92 Å². The van der Waals surface area contributed by atoms with Crippen LogP contribution in [0.5, 0.6) is 0 Å². The molecule has 1 aliphatic heterocycles. The second-order valence-electron chi connectivity index (χ2n) is 8.12. The fraction of sp³-hybridized carbons (Fsp3) is 0.833. The Morgan fingerprint density at radius 2 is 1.62 bits per heavy atom. The van der Waals surface area contributed by atoms with Crippen LogP contribution < -0.4 is 0 Å². The van der Waals surface area contributed by atoms with E-state index in [0.717, 1.165) is 18.8 Å². The van der Waals surface area contributed by atoms with Crippen molar-refractivity contribution in [3.63, 3.8) is 0 Å². The van der Waals surface area contributed by atoms with Gasteiger partial charge in [-0.3, -0.25) is 0 Å². The van der Waals surface area contributed by atoms with Crippen LogP contribution >= 0.6 is 0 Å². The molecule has 3 nitrogen and oxygen atoms in total. The van der Waals surface area contributed by atoms with Gasteiger partial charge in [-0.05, 0) is 56.9 Å². The van der Waals surface area contributed by atoms with Gasteiger partial charge in [0.2, 0.25) is 0 Å². The molecule has 0 bridgehead atoms. The van der Waals surface area contributed by atoms with E-state index in [1.165, 1.54) is 52.6 Å². The summed E-state index contributed by atoms with van der Waals surface area (Å²) in [6, 6.07) is 0. The van der Waals surface area contributed by atoms with Crippen molar-refractivity contribution in [1.29, 1.82) is 0 Å². The summed E-state index contributed by atoms with van der Waals surface area (Å²) in [4.78, 5) is 0. The van der Waals surface area contributed by atoms with Gasteiger partial charge in [-0.2, -0.15) is 0 Å². The quantitative estimate of drug-likeness (QED) is 0.307. The number of ether oxygens (including phenoxy) is 3. The molecule has 1 saturated carbocycles. The lowest BCUT2D eigenvalue weighted by molar-refractivity contribution is -0.104. The monoisotopic (exact) mass is 416 g/mol. The molecule has 2 rings (SSSR count). The van der Waals surface area contributed by atoms with Crippen molar-refractivity contribution in [3.8, 4) is 0 Å². The molecule has 29 heavy (non-hydrogen) atoms. The lowest BCUT2D eigenvalue weighted by Crippen LogP contribution is -2.37. The number of hydrogen-bond acceptors (Lipinski definition) is 3. The minimum atomic E-state index is -0.961. The van der Waals surface area contributed by atoms with Gasteiger partial charge in [-0.15, -0.1) is 0 Å². The lowest BCUT2D eigenvalue weighted by Gasteiger charge is -2.37. The third-order valence-electron chi connectivity index (χ3n) is 6.10. The Morgan fingerprint density at radius 3 is 2.14 bits per heavy atom. The van der Waals surface area contributed by atoms with Crippen molar-refractivity contribution in [2.75, 3.05) is 20.3 Å². The third kappa shape index (κ3) is 8.37. The predicted octanol–water partition coefficient (Wildman–Crippen LogP) is 7.27. The Kier molecular flexibility index (Phi) is 12.7. The topological polar surface area (TPSA) is 27.7 Å². The highest BCUT2D eigenvalue weighted by Crippen LogP contribution is 2.37. The number of halogens is 2. The zero-order valence-electron chi connectivity index (χ0n) is 19.4. The van der Waals surface area contributed by atoms with E-state index in [0.29, 0.717) is 18.6 Å². The van der Waals surface area contributed by atoms with Gasteiger partial charge in [0, 0.05) is 0 Å². The molecule has 2 fully saturated rings. The SMILES string of the molecule is CC.CCCC1CCC(C2CCC(OC/C(C)=C(F)/C(F)=C(\C)OC)CO2)CC1. The van der Waals surface area contributed by atoms with Crippen molar-refractivity contribution in [3.05, 3.63) is 23.0 Å². The summed E-state index contributed by atoms with van der Waals surface area (Å²) in [6.07, 6.45) is 10.1. The van der Waals surface area contributed by atoms with Crippen molar-refractivity contribution >= 4 is 0 Å². The molecule has 0 radical (unpaired) electrons. The Labute approximate surface area is 176 Å². The van der Waals surface area contributed by atoms with Gasteiger partial charge < -0.3 is 14.2 Å². The highest BCUT2D eigenvalue weighted by atomic mass is 19.2. The van der Waals surface area contributed by atoms with Gasteiger partial charge in [0.1, 0.15) is 5.76 Å². The molecule has 0 aromatic heterocycles. The Morgan fingerprint density at radius 1 is 0.966 bits per heavy atom. The smallest absolute Gasteiger partial charge is 0.196 e. The second-order valence-corrected chi connectivity index (χ2v) is 8.12. The van der Waals surface area contributed by atoms with Crippen LogP contribution in [0.1, 0.15) is 86.0 Å². The molecule has 5 heteroatoms. The standard InChI is InChI=1S/C22H36F2O3.C2H6/c1-5-6-17-7-9-18(10-8-17)20-12-11-19(14-27-20)26-13-15(2)21(23)22(24)16(3)25-4;1-2/h17-20H,5-14H2,1-4H3;1-2H3/b21-15-,22-16-;. The Hall–Kier alpha value is -0.940. The average Bonchev–Trinajstić information content (AvgIpc) is 2.78. The minimum Gasteiger partial charge on any atom is -0.498 e. The van der Waals surface area contributed by atoms with E-state index in [9.17, 15) is 8.78 Å². The average molecular weight is 417 g/mol. The van der Waals surface area contributed by atoms with Gasteiger partial charge in [0.05, 0.1) is 32.5 Å². The molecule has 2 unspecified atom stereocenters. The summed E-state index contributed by atoms with van der Waals surface area (Å²) in [5.41, 5.74) is 0.236. The van der Waals surface area contributed by atoms with Crippen LogP contribution in [0.2, 0.25) is 0 Å². The molecule has 1 saturated heterocycles. The maximum Gasteiger partial charge on any atom is 0.196 e. The van der Waals surface area contributed by atoms with Crippen LogP contribution in [0.25, 0.3) is 0 Å². The predicted molar refractivity (Wildman–Crippen MR) is 115 cm³/mol. The van der Waals surface area contributed by atoms with E-state index >= 15 is 0 Å². The molecule has 1 heterocycles. The van der Waals surface area contributed by atoms with E-state index in [1.807, 2.05) is 13.8 Å². The Bertz CT molecular complexity index is 514. The summed E-state index contributed by atoms with van der Waals surface area (Å²) < 4.78 is 44.4. The normalized spacial score (nSPS) is 29.2. The van der Waals surface area contributed by atoms with E-state index in [4.69, 9.17) is 14.2 Å². The highest BCUT2D eigenvalue weighted by molar-refractivity contribution is 5.26. The zero-order chi connectivity index (χ0) is 21.8. The molecule has 0 spiro atoms. The van der Waals surface area contributed by atoms with Crippen LogP contribution in [-0.4, -0.2) is 32.5 Å². The first-order chi connectivity index (χ1) is 14.0. The van der Waals surface area contributed by atoms with Crippen LogP contribution in [0.4, 0.5) is 8.78 Å². The lowest BCUT2D eigenvalue weighted by atomic mass is 9.76. The minimum absolute atomic E-state index is 0.0454. The Balaban J connectivity index is 0.00000204. The highest BCUT2D eigenvalue weighted by Gasteiger charge is 2.31. The van der Waals surface area contributed by atoms with Gasteiger partial charge in [0.25, 0.3) is 0 Å². The molecule has 2 aliphatic rings. The van der Waals surface area contributed by atoms with Crippen molar-refractivity contribution < 1.29 is 23.0 Å². The molecule has 1 aliphatic carbocycles. The maximum absolute atomic E-state index is 14.0. The first kappa shape index (κ1) is 26.1. The van der Waals surface area contributed by atoms with Crippen molar-refractivity contribution in [2.24, 2.45) is 11.8 Å². The summed E-state index contributed by atoms with van der Waals surface area (Å²) in [5, 5.41) is 0. The molecule has 0 aromatic carbocycles. The fourth-order valence-electron chi connectivity index (χ4n) is 4.25. The summed E-state index contributed by atoms with van der Waals surface area (Å²) in [5.74, 6) is -0.337. The molecule has 0 N–H and O–H groups in total. The molecular formula is C24H42F2O3. The van der Waals surface area contributed by atoms with Gasteiger partial charge in [0.15, 0.2) is 11.7 Å². The van der Waals surface area contributed by atoms with Crippen LogP contribution in [-0.2, 0) is 14.2 Å². The summed E-state index contributed by atoms with van der Waals surface area (Å²) >= 11 is 0. The maximum atomic E-state index is 14.0. The van der Waals surface area contributed by atoms with E-state index in [2.05, 4.69) is 6.92 Å². The van der Waals surface area contributed by atoms with Gasteiger partial charge >= 0.3 is 0 Å². The number of methoxy groups -OCH3 is 1. The first-order valence-corrected chi connectivity index (χ1v) is 11.4. The molecular weight excluding hydrogens is 374 g/mol. The van der Waals surface area contributed by atoms with Gasteiger partial charge in [-0.1, -0.05) is 46.5 Å². The molecule has 170 valence electrons. The second kappa shape index (κ2) is 14.1. The van der Waals surface area contributed by atoms with E-state index < -0.39 is 11.7 Å². The van der Waals surface area contributed by atoms with Gasteiger partial charge in [-0.25, -0.2) is 8.78 Å². The number of hydrogen-bond donors (Lipinski definition) is 0. The van der Waals surface area contributed by atoms with E-state index in [-0.39, 0.29) is 24.0 Å². The van der Waals surface area contributed by atoms with Crippen LogP contribution in [0.3, 0.4) is 0 Å². The van der Waals surface area contributed by atoms with Crippen molar-refractivity contribution in [2.45, 2.75) is 98.2 Å². The summed E-state index contributed by atoms with van der Waals surface area (Å²) in [7, 11) is 1.32. The zero-order valence-corrected chi connectivity index (χ0v) is 19.4. The van der Waals surface area contributed by atoms with Crippen LogP contribution in [0.15, 0.2) is 23.0 Å². The first-order valence-electron chi connectivity index (χ1n) is 11.4. The summed E-state index contributed by atoms with van der Waals surface area (Å²) in [6.45, 7) is 9.82.